The Labute approximate surface area is 128 Å². The normalized spacial score (nSPS) is 13.9. The third kappa shape index (κ3) is 2.72. The van der Waals surface area contributed by atoms with Crippen molar-refractivity contribution >= 4 is 16.9 Å². The number of nitrogens with zero attached hydrogens (tertiary/aromatic N) is 2. The van der Waals surface area contributed by atoms with E-state index in [2.05, 4.69) is 39.3 Å². The molecular formula is C16H19N5O. The highest BCUT2D eigenvalue weighted by molar-refractivity contribution is 5.92. The number of rotatable bonds is 5. The van der Waals surface area contributed by atoms with Gasteiger partial charge in [0.05, 0.1) is 17.1 Å². The summed E-state index contributed by atoms with van der Waals surface area (Å²) in [6, 6.07) is 9.34. The summed E-state index contributed by atoms with van der Waals surface area (Å²) >= 11 is 0. The van der Waals surface area contributed by atoms with E-state index in [1.807, 2.05) is 24.3 Å². The molecule has 0 aliphatic rings. The minimum Gasteiger partial charge on any atom is -0.340 e. The van der Waals surface area contributed by atoms with Crippen molar-refractivity contribution in [2.75, 3.05) is 0 Å². The van der Waals surface area contributed by atoms with Crippen LogP contribution in [0.15, 0.2) is 36.5 Å². The van der Waals surface area contributed by atoms with Gasteiger partial charge >= 0.3 is 0 Å². The Morgan fingerprint density at radius 3 is 2.82 bits per heavy atom. The molecule has 0 unspecified atom stereocenters. The molecule has 2 heterocycles. The maximum atomic E-state index is 12.3. The Hall–Kier alpha value is -2.63. The molecule has 1 aromatic carbocycles. The lowest BCUT2D eigenvalue weighted by atomic mass is 9.98. The van der Waals surface area contributed by atoms with E-state index in [4.69, 9.17) is 0 Å². The monoisotopic (exact) mass is 297 g/mol. The number of carbonyl (C=O) groups excluding carboxylic acids is 1. The molecule has 1 amide bonds. The van der Waals surface area contributed by atoms with Gasteiger partial charge in [0.25, 0.3) is 5.91 Å². The molecule has 0 spiro atoms. The Morgan fingerprint density at radius 1 is 1.32 bits per heavy atom. The van der Waals surface area contributed by atoms with Crippen LogP contribution in [0.4, 0.5) is 0 Å². The SMILES string of the molecule is CC[C@H](C)[C@H](NC(=O)c1ccn[nH]1)c1nc2ccccc2[nH]1. The zero-order chi connectivity index (χ0) is 15.5. The number of aromatic amines is 2. The van der Waals surface area contributed by atoms with E-state index in [0.29, 0.717) is 5.69 Å². The second kappa shape index (κ2) is 6.01. The van der Waals surface area contributed by atoms with Crippen LogP contribution in [0.5, 0.6) is 0 Å². The maximum absolute atomic E-state index is 12.3. The van der Waals surface area contributed by atoms with E-state index < -0.39 is 0 Å². The van der Waals surface area contributed by atoms with Crippen LogP contribution in [0.1, 0.15) is 42.6 Å². The Balaban J connectivity index is 1.90. The lowest BCUT2D eigenvalue weighted by Gasteiger charge is -2.22. The van der Waals surface area contributed by atoms with Crippen molar-refractivity contribution in [1.29, 1.82) is 0 Å². The molecule has 6 heteroatoms. The molecule has 22 heavy (non-hydrogen) atoms. The van der Waals surface area contributed by atoms with E-state index in [1.165, 1.54) is 0 Å². The van der Waals surface area contributed by atoms with Crippen LogP contribution in [0.3, 0.4) is 0 Å². The van der Waals surface area contributed by atoms with Crippen molar-refractivity contribution in [3.8, 4) is 0 Å². The quantitative estimate of drug-likeness (QED) is 0.677. The highest BCUT2D eigenvalue weighted by atomic mass is 16.2. The zero-order valence-corrected chi connectivity index (χ0v) is 12.6. The summed E-state index contributed by atoms with van der Waals surface area (Å²) in [5, 5.41) is 9.54. The average Bonchev–Trinajstić information content (AvgIpc) is 3.20. The number of nitrogens with one attached hydrogen (secondary N) is 3. The summed E-state index contributed by atoms with van der Waals surface area (Å²) < 4.78 is 0. The van der Waals surface area contributed by atoms with Gasteiger partial charge in [-0.2, -0.15) is 5.10 Å². The van der Waals surface area contributed by atoms with Crippen LogP contribution in [0.2, 0.25) is 0 Å². The van der Waals surface area contributed by atoms with Gasteiger partial charge in [-0.25, -0.2) is 4.98 Å². The lowest BCUT2D eigenvalue weighted by Crippen LogP contribution is -2.33. The first-order valence-corrected chi connectivity index (χ1v) is 7.44. The van der Waals surface area contributed by atoms with Gasteiger partial charge in [-0.1, -0.05) is 32.4 Å². The predicted octanol–water partition coefficient (Wildman–Crippen LogP) is 2.80. The van der Waals surface area contributed by atoms with Gasteiger partial charge in [-0.05, 0) is 24.1 Å². The number of H-pyrrole nitrogens is 2. The van der Waals surface area contributed by atoms with Crippen molar-refractivity contribution in [3.05, 3.63) is 48.0 Å². The van der Waals surface area contributed by atoms with Gasteiger partial charge in [0, 0.05) is 6.20 Å². The zero-order valence-electron chi connectivity index (χ0n) is 12.6. The van der Waals surface area contributed by atoms with Gasteiger partial charge in [0.1, 0.15) is 11.5 Å². The largest absolute Gasteiger partial charge is 0.340 e. The minimum atomic E-state index is -0.178. The van der Waals surface area contributed by atoms with E-state index in [1.54, 1.807) is 12.3 Å². The summed E-state index contributed by atoms with van der Waals surface area (Å²) in [7, 11) is 0. The van der Waals surface area contributed by atoms with Crippen molar-refractivity contribution in [2.45, 2.75) is 26.3 Å². The Morgan fingerprint density at radius 2 is 2.14 bits per heavy atom. The van der Waals surface area contributed by atoms with Crippen molar-refractivity contribution in [1.82, 2.24) is 25.5 Å². The number of benzene rings is 1. The fourth-order valence-corrected chi connectivity index (χ4v) is 2.44. The summed E-state index contributed by atoms with van der Waals surface area (Å²) in [5.41, 5.74) is 2.33. The van der Waals surface area contributed by atoms with E-state index >= 15 is 0 Å². The predicted molar refractivity (Wildman–Crippen MR) is 84.3 cm³/mol. The fourth-order valence-electron chi connectivity index (χ4n) is 2.44. The lowest BCUT2D eigenvalue weighted by molar-refractivity contribution is 0.0915. The first kappa shape index (κ1) is 14.3. The second-order valence-corrected chi connectivity index (χ2v) is 5.45. The molecule has 0 radical (unpaired) electrons. The molecule has 3 rings (SSSR count). The standard InChI is InChI=1S/C16H19N5O/c1-3-10(2)14(20-16(22)13-8-9-17-21-13)15-18-11-6-4-5-7-12(11)19-15/h4-10,14H,3H2,1-2H3,(H,17,21)(H,18,19)(H,20,22)/t10-,14-/m0/s1. The van der Waals surface area contributed by atoms with Crippen LogP contribution in [-0.2, 0) is 0 Å². The number of amides is 1. The molecule has 114 valence electrons. The summed E-state index contributed by atoms with van der Waals surface area (Å²) in [5.74, 6) is 0.860. The van der Waals surface area contributed by atoms with Crippen LogP contribution in [-0.4, -0.2) is 26.1 Å². The highest BCUT2D eigenvalue weighted by Crippen LogP contribution is 2.24. The Bertz CT molecular complexity index is 729. The number of imidazole rings is 1. The van der Waals surface area contributed by atoms with Crippen molar-refractivity contribution in [3.63, 3.8) is 0 Å². The van der Waals surface area contributed by atoms with Crippen molar-refractivity contribution < 1.29 is 4.79 Å². The first-order chi connectivity index (χ1) is 10.7. The number of hydrogen-bond donors (Lipinski definition) is 3. The molecule has 0 saturated heterocycles. The molecule has 0 bridgehead atoms. The van der Waals surface area contributed by atoms with E-state index in [-0.39, 0.29) is 17.9 Å². The molecule has 0 aliphatic heterocycles. The number of para-hydroxylation sites is 2. The van der Waals surface area contributed by atoms with Crippen LogP contribution in [0.25, 0.3) is 11.0 Å². The molecular weight excluding hydrogens is 278 g/mol. The van der Waals surface area contributed by atoms with Crippen LogP contribution >= 0.6 is 0 Å². The molecule has 3 aromatic rings. The molecule has 6 nitrogen and oxygen atoms in total. The molecule has 0 fully saturated rings. The summed E-state index contributed by atoms with van der Waals surface area (Å²) in [6.07, 6.45) is 2.50. The van der Waals surface area contributed by atoms with Gasteiger partial charge in [-0.15, -0.1) is 0 Å². The molecule has 2 aromatic heterocycles. The van der Waals surface area contributed by atoms with E-state index in [9.17, 15) is 4.79 Å². The summed E-state index contributed by atoms with van der Waals surface area (Å²) in [6.45, 7) is 4.20. The topological polar surface area (TPSA) is 86.5 Å². The van der Waals surface area contributed by atoms with Crippen LogP contribution < -0.4 is 5.32 Å². The highest BCUT2D eigenvalue weighted by Gasteiger charge is 2.24. The maximum Gasteiger partial charge on any atom is 0.269 e. The smallest absolute Gasteiger partial charge is 0.269 e. The number of hydrogen-bond acceptors (Lipinski definition) is 3. The number of carbonyl (C=O) groups is 1. The van der Waals surface area contributed by atoms with Gasteiger partial charge in [0.2, 0.25) is 0 Å². The number of fused-ring (bicyclic) bond motifs is 1. The second-order valence-electron chi connectivity index (χ2n) is 5.45. The molecule has 3 N–H and O–H groups in total. The average molecular weight is 297 g/mol. The molecule has 0 aliphatic carbocycles. The van der Waals surface area contributed by atoms with Crippen LogP contribution in [0, 0.1) is 5.92 Å². The Kier molecular flexibility index (Phi) is 3.91. The molecule has 2 atom stereocenters. The first-order valence-electron chi connectivity index (χ1n) is 7.44. The summed E-state index contributed by atoms with van der Waals surface area (Å²) in [4.78, 5) is 20.2. The third-order valence-electron chi connectivity index (χ3n) is 3.95. The third-order valence-corrected chi connectivity index (χ3v) is 3.95. The van der Waals surface area contributed by atoms with Gasteiger partial charge in [-0.3, -0.25) is 9.89 Å². The molecule has 0 saturated carbocycles. The van der Waals surface area contributed by atoms with Gasteiger partial charge in [0.15, 0.2) is 0 Å². The fraction of sp³-hybridized carbons (Fsp3) is 0.312. The van der Waals surface area contributed by atoms with Crippen molar-refractivity contribution in [2.24, 2.45) is 5.92 Å². The van der Waals surface area contributed by atoms with Gasteiger partial charge < -0.3 is 10.3 Å². The van der Waals surface area contributed by atoms with E-state index in [0.717, 1.165) is 23.3 Å². The number of aromatic nitrogens is 4. The minimum absolute atomic E-state index is 0.173.